The minimum Gasteiger partial charge on any atom is -0.329 e. The van der Waals surface area contributed by atoms with Crippen molar-refractivity contribution in [2.75, 3.05) is 6.54 Å². The number of nitrogens with zero attached hydrogens (tertiary/aromatic N) is 1. The fourth-order valence-electron chi connectivity index (χ4n) is 1.55. The molecule has 17 heavy (non-hydrogen) atoms. The summed E-state index contributed by atoms with van der Waals surface area (Å²) < 4.78 is 26.6. The molecule has 0 aliphatic heterocycles. The van der Waals surface area contributed by atoms with Gasteiger partial charge in [-0.05, 0) is 24.5 Å². The molecule has 3 N–H and O–H groups in total. The van der Waals surface area contributed by atoms with Crippen LogP contribution < -0.4 is 10.5 Å². The van der Waals surface area contributed by atoms with Gasteiger partial charge in [0.15, 0.2) is 0 Å². The zero-order valence-electron chi connectivity index (χ0n) is 10.1. The minimum absolute atomic E-state index is 0.169. The Hall–Kier alpha value is -0.980. The molecule has 0 saturated carbocycles. The van der Waals surface area contributed by atoms with Crippen molar-refractivity contribution in [2.45, 2.75) is 31.2 Å². The predicted molar refractivity (Wildman–Crippen MR) is 66.9 cm³/mol. The molecule has 0 radical (unpaired) electrons. The predicted octanol–water partition coefficient (Wildman–Crippen LogP) is 0.733. The van der Waals surface area contributed by atoms with E-state index in [1.807, 2.05) is 13.8 Å². The quantitative estimate of drug-likeness (QED) is 0.787. The number of hydrogen-bond donors (Lipinski definition) is 2. The third kappa shape index (κ3) is 4.41. The summed E-state index contributed by atoms with van der Waals surface area (Å²) >= 11 is 0. The molecule has 0 spiro atoms. The number of hydrogen-bond acceptors (Lipinski definition) is 4. The first-order valence-electron chi connectivity index (χ1n) is 5.58. The zero-order chi connectivity index (χ0) is 12.9. The van der Waals surface area contributed by atoms with Crippen LogP contribution in [-0.4, -0.2) is 26.0 Å². The maximum Gasteiger partial charge on any atom is 0.242 e. The van der Waals surface area contributed by atoms with Crippen molar-refractivity contribution in [2.24, 2.45) is 11.7 Å². The number of nitrogens with one attached hydrogen (secondary N) is 1. The highest BCUT2D eigenvalue weighted by atomic mass is 32.2. The molecule has 1 unspecified atom stereocenters. The average molecular weight is 257 g/mol. The maximum absolute atomic E-state index is 12.0. The van der Waals surface area contributed by atoms with Crippen LogP contribution in [0.4, 0.5) is 0 Å². The van der Waals surface area contributed by atoms with E-state index in [1.165, 1.54) is 18.5 Å². The molecular weight excluding hydrogens is 238 g/mol. The molecule has 0 aliphatic carbocycles. The highest BCUT2D eigenvalue weighted by Crippen LogP contribution is 2.10. The van der Waals surface area contributed by atoms with Crippen LogP contribution in [0.3, 0.4) is 0 Å². The Morgan fingerprint density at radius 1 is 1.47 bits per heavy atom. The summed E-state index contributed by atoms with van der Waals surface area (Å²) in [6.07, 6.45) is 3.58. The number of aromatic nitrogens is 1. The normalized spacial score (nSPS) is 13.9. The van der Waals surface area contributed by atoms with Crippen LogP contribution in [-0.2, 0) is 10.0 Å². The van der Waals surface area contributed by atoms with Gasteiger partial charge in [0.2, 0.25) is 10.0 Å². The zero-order valence-corrected chi connectivity index (χ0v) is 10.9. The third-order valence-corrected chi connectivity index (χ3v) is 3.81. The van der Waals surface area contributed by atoms with E-state index in [0.717, 1.165) is 6.42 Å². The molecule has 1 aromatic heterocycles. The van der Waals surface area contributed by atoms with Crippen molar-refractivity contribution in [3.8, 4) is 0 Å². The SMILES string of the molecule is CC(C)CC(CN)NS(=O)(=O)c1cccnc1. The van der Waals surface area contributed by atoms with Gasteiger partial charge in [0.05, 0.1) is 0 Å². The molecule has 1 rings (SSSR count). The van der Waals surface area contributed by atoms with Crippen LogP contribution in [0, 0.1) is 5.92 Å². The van der Waals surface area contributed by atoms with Crippen molar-refractivity contribution in [3.05, 3.63) is 24.5 Å². The summed E-state index contributed by atoms with van der Waals surface area (Å²) in [4.78, 5) is 3.96. The van der Waals surface area contributed by atoms with E-state index in [9.17, 15) is 8.42 Å². The summed E-state index contributed by atoms with van der Waals surface area (Å²) in [5.74, 6) is 0.389. The first kappa shape index (κ1) is 14.1. The highest BCUT2D eigenvalue weighted by molar-refractivity contribution is 7.89. The molecule has 1 aromatic rings. The van der Waals surface area contributed by atoms with Gasteiger partial charge in [-0.3, -0.25) is 4.98 Å². The highest BCUT2D eigenvalue weighted by Gasteiger charge is 2.19. The van der Waals surface area contributed by atoms with Gasteiger partial charge in [0.25, 0.3) is 0 Å². The first-order chi connectivity index (χ1) is 7.95. The van der Waals surface area contributed by atoms with Crippen molar-refractivity contribution in [3.63, 3.8) is 0 Å². The van der Waals surface area contributed by atoms with Gasteiger partial charge in [-0.1, -0.05) is 13.8 Å². The largest absolute Gasteiger partial charge is 0.329 e. The van der Waals surface area contributed by atoms with E-state index in [4.69, 9.17) is 5.73 Å². The summed E-state index contributed by atoms with van der Waals surface area (Å²) in [6.45, 7) is 4.35. The molecular formula is C11H19N3O2S. The molecule has 0 saturated heterocycles. The molecule has 96 valence electrons. The molecule has 1 heterocycles. The Morgan fingerprint density at radius 3 is 2.65 bits per heavy atom. The molecule has 1 atom stereocenters. The van der Waals surface area contributed by atoms with E-state index in [2.05, 4.69) is 9.71 Å². The molecule has 0 amide bonds. The summed E-state index contributed by atoms with van der Waals surface area (Å²) in [5.41, 5.74) is 5.56. The van der Waals surface area contributed by atoms with E-state index < -0.39 is 10.0 Å². The van der Waals surface area contributed by atoms with Gasteiger partial charge in [-0.25, -0.2) is 13.1 Å². The minimum atomic E-state index is -3.51. The summed E-state index contributed by atoms with van der Waals surface area (Å²) in [7, 11) is -3.51. The van der Waals surface area contributed by atoms with Crippen LogP contribution in [0.5, 0.6) is 0 Å². The van der Waals surface area contributed by atoms with Gasteiger partial charge >= 0.3 is 0 Å². The fraction of sp³-hybridized carbons (Fsp3) is 0.545. The van der Waals surface area contributed by atoms with Crippen LogP contribution >= 0.6 is 0 Å². The van der Waals surface area contributed by atoms with E-state index >= 15 is 0 Å². The second kappa shape index (κ2) is 6.09. The molecule has 0 fully saturated rings. The lowest BCUT2D eigenvalue weighted by atomic mass is 10.1. The monoisotopic (exact) mass is 257 g/mol. The van der Waals surface area contributed by atoms with Gasteiger partial charge in [-0.15, -0.1) is 0 Å². The summed E-state index contributed by atoms with van der Waals surface area (Å²) in [5, 5.41) is 0. The number of rotatable bonds is 6. The Bertz CT molecular complexity index is 431. The van der Waals surface area contributed by atoms with Crippen LogP contribution in [0.1, 0.15) is 20.3 Å². The molecule has 0 bridgehead atoms. The fourth-order valence-corrected chi connectivity index (χ4v) is 2.78. The van der Waals surface area contributed by atoms with Crippen molar-refractivity contribution < 1.29 is 8.42 Å². The lowest BCUT2D eigenvalue weighted by Crippen LogP contribution is -2.40. The number of nitrogens with two attached hydrogens (primary N) is 1. The van der Waals surface area contributed by atoms with Gasteiger partial charge in [0.1, 0.15) is 4.90 Å². The Kier molecular flexibility index (Phi) is 5.04. The van der Waals surface area contributed by atoms with E-state index in [1.54, 1.807) is 6.07 Å². The Labute approximate surface area is 102 Å². The van der Waals surface area contributed by atoms with Crippen molar-refractivity contribution in [1.82, 2.24) is 9.71 Å². The Morgan fingerprint density at radius 2 is 2.18 bits per heavy atom. The lowest BCUT2D eigenvalue weighted by Gasteiger charge is -2.18. The van der Waals surface area contributed by atoms with Crippen LogP contribution in [0.25, 0.3) is 0 Å². The topological polar surface area (TPSA) is 85.1 Å². The summed E-state index contributed by atoms with van der Waals surface area (Å²) in [6, 6.07) is 2.87. The smallest absolute Gasteiger partial charge is 0.242 e. The van der Waals surface area contributed by atoms with Crippen molar-refractivity contribution >= 4 is 10.0 Å². The average Bonchev–Trinajstić information content (AvgIpc) is 2.28. The molecule has 5 nitrogen and oxygen atoms in total. The second-order valence-corrected chi connectivity index (χ2v) is 6.09. The van der Waals surface area contributed by atoms with Crippen LogP contribution in [0.2, 0.25) is 0 Å². The first-order valence-corrected chi connectivity index (χ1v) is 7.06. The Balaban J connectivity index is 2.79. The lowest BCUT2D eigenvalue weighted by molar-refractivity contribution is 0.465. The maximum atomic E-state index is 12.0. The third-order valence-electron chi connectivity index (χ3n) is 2.31. The number of pyridine rings is 1. The molecule has 0 aromatic carbocycles. The van der Waals surface area contributed by atoms with E-state index in [-0.39, 0.29) is 17.5 Å². The van der Waals surface area contributed by atoms with Gasteiger partial charge < -0.3 is 5.73 Å². The van der Waals surface area contributed by atoms with Crippen molar-refractivity contribution in [1.29, 1.82) is 0 Å². The van der Waals surface area contributed by atoms with Gasteiger partial charge in [0, 0.05) is 25.0 Å². The standard InChI is InChI=1S/C11H19N3O2S/c1-9(2)6-10(7-12)14-17(15,16)11-4-3-5-13-8-11/h3-5,8-10,14H,6-7,12H2,1-2H3. The number of sulfonamides is 1. The molecule has 0 aliphatic rings. The molecule has 6 heteroatoms. The second-order valence-electron chi connectivity index (χ2n) is 4.37. The van der Waals surface area contributed by atoms with Crippen LogP contribution in [0.15, 0.2) is 29.4 Å². The van der Waals surface area contributed by atoms with Gasteiger partial charge in [-0.2, -0.15) is 0 Å². The van der Waals surface area contributed by atoms with E-state index in [0.29, 0.717) is 5.92 Å².